The molecule has 156 valence electrons. The smallest absolute Gasteiger partial charge is 0.257 e. The predicted molar refractivity (Wildman–Crippen MR) is 115 cm³/mol. The van der Waals surface area contributed by atoms with E-state index in [1.54, 1.807) is 29.1 Å². The third-order valence-electron chi connectivity index (χ3n) is 5.41. The number of para-hydroxylation sites is 1. The van der Waals surface area contributed by atoms with Gasteiger partial charge in [0.2, 0.25) is 0 Å². The van der Waals surface area contributed by atoms with Gasteiger partial charge in [0.05, 0.1) is 30.3 Å². The standard InChI is InChI=1S/C23H27N5O2/c1-4-5-14-27(2)22(29)18-15-25-28(21(18)16-10-11-16)23-24-13-12-19(26-23)17-8-6-7-9-20(17)30-3/h6-9,12-13,15-16H,4-5,10-11,14H2,1-3H3. The number of hydrogen-bond acceptors (Lipinski definition) is 5. The molecule has 1 aromatic carbocycles. The Morgan fingerprint density at radius 3 is 2.80 bits per heavy atom. The van der Waals surface area contributed by atoms with Crippen molar-refractivity contribution in [2.75, 3.05) is 20.7 Å². The topological polar surface area (TPSA) is 73.1 Å². The summed E-state index contributed by atoms with van der Waals surface area (Å²) >= 11 is 0. The predicted octanol–water partition coefficient (Wildman–Crippen LogP) is 4.09. The molecule has 0 aliphatic heterocycles. The number of rotatable bonds is 8. The minimum absolute atomic E-state index is 0.0116. The van der Waals surface area contributed by atoms with Gasteiger partial charge >= 0.3 is 0 Å². The van der Waals surface area contributed by atoms with Crippen LogP contribution in [0.5, 0.6) is 5.75 Å². The molecule has 0 spiro atoms. The summed E-state index contributed by atoms with van der Waals surface area (Å²) in [5, 5.41) is 4.52. The minimum atomic E-state index is 0.0116. The van der Waals surface area contributed by atoms with Gasteiger partial charge in [0.25, 0.3) is 11.9 Å². The van der Waals surface area contributed by atoms with Crippen molar-refractivity contribution in [1.29, 1.82) is 0 Å². The van der Waals surface area contributed by atoms with Gasteiger partial charge in [-0.15, -0.1) is 0 Å². The maximum absolute atomic E-state index is 13.0. The fourth-order valence-electron chi connectivity index (χ4n) is 3.59. The number of aromatic nitrogens is 4. The quantitative estimate of drug-likeness (QED) is 0.564. The maximum Gasteiger partial charge on any atom is 0.257 e. The van der Waals surface area contributed by atoms with E-state index < -0.39 is 0 Å². The highest BCUT2D eigenvalue weighted by Gasteiger charge is 2.34. The Hall–Kier alpha value is -3.22. The summed E-state index contributed by atoms with van der Waals surface area (Å²) < 4.78 is 7.21. The first-order valence-corrected chi connectivity index (χ1v) is 10.4. The molecule has 0 atom stereocenters. The van der Waals surface area contributed by atoms with Gasteiger partial charge in [0.1, 0.15) is 5.75 Å². The lowest BCUT2D eigenvalue weighted by Gasteiger charge is -2.17. The van der Waals surface area contributed by atoms with Crippen molar-refractivity contribution in [2.24, 2.45) is 0 Å². The van der Waals surface area contributed by atoms with Crippen LogP contribution in [0.2, 0.25) is 0 Å². The van der Waals surface area contributed by atoms with E-state index in [1.807, 2.05) is 37.4 Å². The average Bonchev–Trinajstić information content (AvgIpc) is 3.54. The summed E-state index contributed by atoms with van der Waals surface area (Å²) in [5.74, 6) is 1.55. The Morgan fingerprint density at radius 1 is 1.27 bits per heavy atom. The molecule has 0 bridgehead atoms. The first kappa shape index (κ1) is 20.1. The Bertz CT molecular complexity index is 1040. The SMILES string of the molecule is CCCCN(C)C(=O)c1cnn(-c2nccc(-c3ccccc3OC)n2)c1C1CC1. The van der Waals surface area contributed by atoms with E-state index in [1.165, 1.54) is 0 Å². The second-order valence-electron chi connectivity index (χ2n) is 7.65. The molecular weight excluding hydrogens is 378 g/mol. The summed E-state index contributed by atoms with van der Waals surface area (Å²) in [4.78, 5) is 24.0. The average molecular weight is 406 g/mol. The number of ether oxygens (including phenoxy) is 1. The lowest BCUT2D eigenvalue weighted by atomic mass is 10.1. The molecule has 1 fully saturated rings. The molecule has 2 aromatic heterocycles. The van der Waals surface area contributed by atoms with Crippen LogP contribution in [0, 0.1) is 0 Å². The minimum Gasteiger partial charge on any atom is -0.496 e. The summed E-state index contributed by atoms with van der Waals surface area (Å²) in [6, 6.07) is 9.60. The van der Waals surface area contributed by atoms with Crippen LogP contribution in [-0.4, -0.2) is 51.3 Å². The molecule has 7 nitrogen and oxygen atoms in total. The zero-order valence-corrected chi connectivity index (χ0v) is 17.7. The summed E-state index contributed by atoms with van der Waals surface area (Å²) in [7, 11) is 3.50. The molecule has 0 N–H and O–H groups in total. The highest BCUT2D eigenvalue weighted by molar-refractivity contribution is 5.95. The van der Waals surface area contributed by atoms with Gasteiger partial charge in [-0.2, -0.15) is 5.10 Å². The van der Waals surface area contributed by atoms with Crippen LogP contribution in [-0.2, 0) is 0 Å². The van der Waals surface area contributed by atoms with Crippen LogP contribution in [0.4, 0.5) is 0 Å². The van der Waals surface area contributed by atoms with Gasteiger partial charge < -0.3 is 9.64 Å². The first-order chi connectivity index (χ1) is 14.6. The van der Waals surface area contributed by atoms with E-state index >= 15 is 0 Å². The van der Waals surface area contributed by atoms with Crippen LogP contribution >= 0.6 is 0 Å². The molecule has 2 heterocycles. The van der Waals surface area contributed by atoms with Gasteiger partial charge in [-0.25, -0.2) is 14.6 Å². The third-order valence-corrected chi connectivity index (χ3v) is 5.41. The molecular formula is C23H27N5O2. The van der Waals surface area contributed by atoms with Crippen molar-refractivity contribution in [3.05, 3.63) is 54.0 Å². The van der Waals surface area contributed by atoms with E-state index in [-0.39, 0.29) is 5.91 Å². The van der Waals surface area contributed by atoms with Gasteiger partial charge in [-0.3, -0.25) is 4.79 Å². The normalized spacial score (nSPS) is 13.3. The maximum atomic E-state index is 13.0. The number of amides is 1. The number of benzene rings is 1. The third kappa shape index (κ3) is 3.92. The van der Waals surface area contributed by atoms with Crippen LogP contribution in [0.3, 0.4) is 0 Å². The van der Waals surface area contributed by atoms with Gasteiger partial charge in [-0.1, -0.05) is 25.5 Å². The second kappa shape index (κ2) is 8.65. The van der Waals surface area contributed by atoms with Gasteiger partial charge in [0, 0.05) is 31.3 Å². The Morgan fingerprint density at radius 2 is 2.07 bits per heavy atom. The number of methoxy groups -OCH3 is 1. The van der Waals surface area contributed by atoms with Crippen molar-refractivity contribution in [3.63, 3.8) is 0 Å². The molecule has 3 aromatic rings. The zero-order chi connectivity index (χ0) is 21.1. The lowest BCUT2D eigenvalue weighted by molar-refractivity contribution is 0.0792. The number of nitrogens with zero attached hydrogens (tertiary/aromatic N) is 5. The Balaban J connectivity index is 1.72. The fraction of sp³-hybridized carbons (Fsp3) is 0.391. The van der Waals surface area contributed by atoms with Crippen molar-refractivity contribution >= 4 is 5.91 Å². The van der Waals surface area contributed by atoms with Crippen LogP contribution in [0.1, 0.15) is 54.6 Å². The Kier molecular flexibility index (Phi) is 5.79. The number of unbranched alkanes of at least 4 members (excludes halogenated alkanes) is 1. The van der Waals surface area contributed by atoms with Crippen molar-refractivity contribution in [3.8, 4) is 23.0 Å². The van der Waals surface area contributed by atoms with Crippen LogP contribution < -0.4 is 4.74 Å². The van der Waals surface area contributed by atoms with E-state index in [0.29, 0.717) is 17.4 Å². The Labute approximate surface area is 176 Å². The molecule has 0 radical (unpaired) electrons. The summed E-state index contributed by atoms with van der Waals surface area (Å²) in [6.07, 6.45) is 7.53. The highest BCUT2D eigenvalue weighted by atomic mass is 16.5. The number of hydrogen-bond donors (Lipinski definition) is 0. The molecule has 7 heteroatoms. The molecule has 0 saturated heterocycles. The summed E-state index contributed by atoms with van der Waals surface area (Å²) in [6.45, 7) is 2.86. The molecule has 1 aliphatic rings. The fourth-order valence-corrected chi connectivity index (χ4v) is 3.59. The molecule has 1 aliphatic carbocycles. The number of carbonyl (C=O) groups excluding carboxylic acids is 1. The van der Waals surface area contributed by atoms with Crippen LogP contribution in [0.15, 0.2) is 42.7 Å². The van der Waals surface area contributed by atoms with Crippen molar-refractivity contribution in [1.82, 2.24) is 24.6 Å². The molecule has 4 rings (SSSR count). The monoisotopic (exact) mass is 405 g/mol. The van der Waals surface area contributed by atoms with E-state index in [4.69, 9.17) is 9.72 Å². The van der Waals surface area contributed by atoms with E-state index in [2.05, 4.69) is 17.0 Å². The molecule has 1 saturated carbocycles. The van der Waals surface area contributed by atoms with E-state index in [0.717, 1.165) is 54.9 Å². The second-order valence-corrected chi connectivity index (χ2v) is 7.65. The molecule has 1 amide bonds. The van der Waals surface area contributed by atoms with Crippen molar-refractivity contribution in [2.45, 2.75) is 38.5 Å². The van der Waals surface area contributed by atoms with Gasteiger partial charge in [-0.05, 0) is 37.5 Å². The highest BCUT2D eigenvalue weighted by Crippen LogP contribution is 2.42. The zero-order valence-electron chi connectivity index (χ0n) is 17.7. The number of carbonyl (C=O) groups is 1. The lowest BCUT2D eigenvalue weighted by Crippen LogP contribution is -2.28. The van der Waals surface area contributed by atoms with Crippen molar-refractivity contribution < 1.29 is 9.53 Å². The van der Waals surface area contributed by atoms with E-state index in [9.17, 15) is 4.79 Å². The largest absolute Gasteiger partial charge is 0.496 e. The molecule has 30 heavy (non-hydrogen) atoms. The van der Waals surface area contributed by atoms with Crippen LogP contribution in [0.25, 0.3) is 17.2 Å². The van der Waals surface area contributed by atoms with Gasteiger partial charge in [0.15, 0.2) is 0 Å². The first-order valence-electron chi connectivity index (χ1n) is 10.4. The molecule has 0 unspecified atom stereocenters. The summed E-state index contributed by atoms with van der Waals surface area (Å²) in [5.41, 5.74) is 3.21.